The van der Waals surface area contributed by atoms with Crippen LogP contribution in [0.4, 0.5) is 0 Å². The van der Waals surface area contributed by atoms with Crippen LogP contribution in [0.15, 0.2) is 30.3 Å². The predicted octanol–water partition coefficient (Wildman–Crippen LogP) is 3.16. The number of benzene rings is 1. The van der Waals surface area contributed by atoms with Crippen LogP contribution in [0.3, 0.4) is 0 Å². The highest BCUT2D eigenvalue weighted by atomic mass is 35.5. The van der Waals surface area contributed by atoms with Gasteiger partial charge in [-0.25, -0.2) is 0 Å². The molecule has 1 amide bonds. The monoisotopic (exact) mass is 392 g/mol. The highest BCUT2D eigenvalue weighted by Gasteiger charge is 2.32. The van der Waals surface area contributed by atoms with Gasteiger partial charge in [0.05, 0.1) is 18.7 Å². The van der Waals surface area contributed by atoms with Crippen LogP contribution in [0.2, 0.25) is 0 Å². The van der Waals surface area contributed by atoms with Gasteiger partial charge < -0.3 is 15.0 Å². The number of rotatable bonds is 3. The molecule has 1 N–H and O–H groups in total. The van der Waals surface area contributed by atoms with E-state index in [-0.39, 0.29) is 29.9 Å². The second kappa shape index (κ2) is 8.31. The molecule has 6 nitrogen and oxygen atoms in total. The van der Waals surface area contributed by atoms with Gasteiger partial charge in [-0.1, -0.05) is 18.2 Å². The molecule has 7 heteroatoms. The third-order valence-corrected chi connectivity index (χ3v) is 4.74. The summed E-state index contributed by atoms with van der Waals surface area (Å²) in [6.45, 7) is 10.4. The van der Waals surface area contributed by atoms with E-state index < -0.39 is 0 Å². The van der Waals surface area contributed by atoms with E-state index in [1.165, 1.54) is 0 Å². The first-order valence-corrected chi connectivity index (χ1v) is 9.04. The summed E-state index contributed by atoms with van der Waals surface area (Å²) < 4.78 is 7.43. The Morgan fingerprint density at radius 1 is 1.30 bits per heavy atom. The first-order valence-electron chi connectivity index (χ1n) is 9.04. The van der Waals surface area contributed by atoms with E-state index in [0.717, 1.165) is 23.6 Å². The van der Waals surface area contributed by atoms with Crippen LogP contribution in [0.1, 0.15) is 48.6 Å². The Bertz CT molecular complexity index is 798. The number of aryl methyl sites for hydroxylation is 1. The molecule has 2 aromatic rings. The van der Waals surface area contributed by atoms with Crippen molar-refractivity contribution in [2.24, 2.45) is 0 Å². The summed E-state index contributed by atoms with van der Waals surface area (Å²) in [6, 6.07) is 9.69. The largest absolute Gasteiger partial charge is 0.496 e. The fourth-order valence-corrected chi connectivity index (χ4v) is 3.57. The zero-order chi connectivity index (χ0) is 18.9. The number of halogens is 1. The van der Waals surface area contributed by atoms with Crippen LogP contribution in [-0.4, -0.2) is 47.3 Å². The molecule has 148 valence electrons. The summed E-state index contributed by atoms with van der Waals surface area (Å²) in [4.78, 5) is 15.2. The molecule has 2 heterocycles. The number of para-hydroxylation sites is 1. The van der Waals surface area contributed by atoms with Gasteiger partial charge in [-0.15, -0.1) is 12.4 Å². The summed E-state index contributed by atoms with van der Waals surface area (Å²) in [5.41, 5.74) is 2.35. The lowest BCUT2D eigenvalue weighted by Gasteiger charge is -2.36. The standard InChI is InChI=1S/C20H28N4O2.ClH/c1-14-12-16(22-24(14)20(2,3)4)19(25)23-11-10-21-13-17(23)15-8-6-7-9-18(15)26-5;/h6-9,12,17,21H,10-11,13H2,1-5H3;1H. The van der Waals surface area contributed by atoms with Crippen molar-refractivity contribution >= 4 is 18.3 Å². The molecule has 3 rings (SSSR count). The minimum atomic E-state index is -0.159. The summed E-state index contributed by atoms with van der Waals surface area (Å²) in [5.74, 6) is 0.768. The maximum absolute atomic E-state index is 13.3. The minimum absolute atomic E-state index is 0. The number of nitrogens with zero attached hydrogens (tertiary/aromatic N) is 3. The van der Waals surface area contributed by atoms with Crippen molar-refractivity contribution in [3.63, 3.8) is 0 Å². The molecule has 0 radical (unpaired) electrons. The van der Waals surface area contributed by atoms with Crippen LogP contribution in [0.5, 0.6) is 5.75 Å². The average Bonchev–Trinajstić information content (AvgIpc) is 3.03. The number of ether oxygens (including phenoxy) is 1. The van der Waals surface area contributed by atoms with Crippen molar-refractivity contribution in [1.82, 2.24) is 20.0 Å². The van der Waals surface area contributed by atoms with Crippen LogP contribution in [0, 0.1) is 6.92 Å². The van der Waals surface area contributed by atoms with Crippen molar-refractivity contribution in [1.29, 1.82) is 0 Å². The van der Waals surface area contributed by atoms with E-state index in [1.54, 1.807) is 7.11 Å². The molecule has 0 spiro atoms. The van der Waals surface area contributed by atoms with E-state index >= 15 is 0 Å². The maximum atomic E-state index is 13.3. The minimum Gasteiger partial charge on any atom is -0.496 e. The van der Waals surface area contributed by atoms with E-state index in [4.69, 9.17) is 4.74 Å². The zero-order valence-corrected chi connectivity index (χ0v) is 17.5. The van der Waals surface area contributed by atoms with Gasteiger partial charge in [0.1, 0.15) is 5.75 Å². The average molecular weight is 393 g/mol. The molecular formula is C20H29ClN4O2. The highest BCUT2D eigenvalue weighted by Crippen LogP contribution is 2.31. The number of amides is 1. The molecule has 0 bridgehead atoms. The fraction of sp³-hybridized carbons (Fsp3) is 0.500. The lowest BCUT2D eigenvalue weighted by molar-refractivity contribution is 0.0624. The molecule has 1 aromatic carbocycles. The molecule has 27 heavy (non-hydrogen) atoms. The fourth-order valence-electron chi connectivity index (χ4n) is 3.57. The molecule has 1 atom stereocenters. The number of carbonyl (C=O) groups excluding carboxylic acids is 1. The van der Waals surface area contributed by atoms with Gasteiger partial charge in [-0.05, 0) is 39.8 Å². The third kappa shape index (κ3) is 4.28. The maximum Gasteiger partial charge on any atom is 0.274 e. The predicted molar refractivity (Wildman–Crippen MR) is 109 cm³/mol. The SMILES string of the molecule is COc1ccccc1C1CNCCN1C(=O)c1cc(C)n(C(C)(C)C)n1.Cl. The molecular weight excluding hydrogens is 364 g/mol. The molecule has 1 aliphatic heterocycles. The summed E-state index contributed by atoms with van der Waals surface area (Å²) in [7, 11) is 1.66. The number of carbonyl (C=O) groups is 1. The number of hydrogen-bond donors (Lipinski definition) is 1. The smallest absolute Gasteiger partial charge is 0.274 e. The van der Waals surface area contributed by atoms with Gasteiger partial charge in [0.15, 0.2) is 5.69 Å². The molecule has 1 fully saturated rings. The van der Waals surface area contributed by atoms with Crippen LogP contribution >= 0.6 is 12.4 Å². The Morgan fingerprint density at radius 3 is 2.63 bits per heavy atom. The van der Waals surface area contributed by atoms with Crippen molar-refractivity contribution in [2.45, 2.75) is 39.3 Å². The quantitative estimate of drug-likeness (QED) is 0.871. The number of aromatic nitrogens is 2. The number of nitrogens with one attached hydrogen (secondary N) is 1. The number of piperazine rings is 1. The van der Waals surface area contributed by atoms with Crippen molar-refractivity contribution < 1.29 is 9.53 Å². The Morgan fingerprint density at radius 2 is 2.00 bits per heavy atom. The van der Waals surface area contributed by atoms with Crippen LogP contribution in [0.25, 0.3) is 0 Å². The Hall–Kier alpha value is -2.05. The Labute approximate surface area is 167 Å². The molecule has 1 aromatic heterocycles. The van der Waals surface area contributed by atoms with E-state index in [2.05, 4.69) is 31.2 Å². The van der Waals surface area contributed by atoms with Gasteiger partial charge in [0.25, 0.3) is 5.91 Å². The second-order valence-corrected chi connectivity index (χ2v) is 7.71. The number of methoxy groups -OCH3 is 1. The lowest BCUT2D eigenvalue weighted by atomic mass is 10.0. The van der Waals surface area contributed by atoms with E-state index in [0.29, 0.717) is 18.8 Å². The first kappa shape index (κ1) is 21.3. The van der Waals surface area contributed by atoms with E-state index in [1.807, 2.05) is 46.8 Å². The topological polar surface area (TPSA) is 59.4 Å². The number of hydrogen-bond acceptors (Lipinski definition) is 4. The second-order valence-electron chi connectivity index (χ2n) is 7.71. The van der Waals surface area contributed by atoms with Crippen LogP contribution in [-0.2, 0) is 5.54 Å². The summed E-state index contributed by atoms with van der Waals surface area (Å²) in [5, 5.41) is 7.99. The molecule has 1 saturated heterocycles. The van der Waals surface area contributed by atoms with Gasteiger partial charge in [0.2, 0.25) is 0 Å². The van der Waals surface area contributed by atoms with Gasteiger partial charge >= 0.3 is 0 Å². The van der Waals surface area contributed by atoms with Crippen molar-refractivity contribution in [3.05, 3.63) is 47.3 Å². The molecule has 0 saturated carbocycles. The summed E-state index contributed by atoms with van der Waals surface area (Å²) >= 11 is 0. The highest BCUT2D eigenvalue weighted by molar-refractivity contribution is 5.93. The third-order valence-electron chi connectivity index (χ3n) is 4.74. The first-order chi connectivity index (χ1) is 12.3. The van der Waals surface area contributed by atoms with E-state index in [9.17, 15) is 4.79 Å². The van der Waals surface area contributed by atoms with Gasteiger partial charge in [0, 0.05) is 30.9 Å². The van der Waals surface area contributed by atoms with Crippen LogP contribution < -0.4 is 10.1 Å². The summed E-state index contributed by atoms with van der Waals surface area (Å²) in [6.07, 6.45) is 0. The van der Waals surface area contributed by atoms with Gasteiger partial charge in [-0.3, -0.25) is 9.48 Å². The van der Waals surface area contributed by atoms with Crippen molar-refractivity contribution in [3.8, 4) is 5.75 Å². The zero-order valence-electron chi connectivity index (χ0n) is 16.7. The lowest BCUT2D eigenvalue weighted by Crippen LogP contribution is -2.49. The molecule has 0 aliphatic carbocycles. The molecule has 1 aliphatic rings. The van der Waals surface area contributed by atoms with Gasteiger partial charge in [-0.2, -0.15) is 5.10 Å². The molecule has 1 unspecified atom stereocenters. The Kier molecular flexibility index (Phi) is 6.54. The normalized spacial score (nSPS) is 17.4. The van der Waals surface area contributed by atoms with Crippen molar-refractivity contribution in [2.75, 3.05) is 26.7 Å². The Balaban J connectivity index is 0.00000261.